The molecule has 114 valence electrons. The quantitative estimate of drug-likeness (QED) is 0.855. The van der Waals surface area contributed by atoms with Gasteiger partial charge in [-0.25, -0.2) is 0 Å². The lowest BCUT2D eigenvalue weighted by molar-refractivity contribution is -0.136. The molecular formula is C15H20N2O4. The van der Waals surface area contributed by atoms with Crippen LogP contribution in [-0.4, -0.2) is 36.0 Å². The molecule has 0 spiro atoms. The third-order valence-corrected chi connectivity index (χ3v) is 2.74. The van der Waals surface area contributed by atoms with E-state index in [1.807, 2.05) is 0 Å². The van der Waals surface area contributed by atoms with Gasteiger partial charge in [-0.1, -0.05) is 39.0 Å². The van der Waals surface area contributed by atoms with Gasteiger partial charge in [-0.15, -0.1) is 0 Å². The van der Waals surface area contributed by atoms with E-state index < -0.39 is 23.8 Å². The van der Waals surface area contributed by atoms with E-state index in [1.165, 1.54) is 0 Å². The average molecular weight is 292 g/mol. The fourth-order valence-corrected chi connectivity index (χ4v) is 1.58. The Morgan fingerprint density at radius 3 is 2.19 bits per heavy atom. The molecule has 0 aliphatic carbocycles. The highest BCUT2D eigenvalue weighted by atomic mass is 16.4. The molecule has 6 heteroatoms. The SMILES string of the molecule is CC(C)(C)C(=O)NCC(=O)N(CC(=O)O)c1ccccc1. The first-order valence-electron chi connectivity index (χ1n) is 6.57. The number of carbonyl (C=O) groups excluding carboxylic acids is 2. The van der Waals surface area contributed by atoms with Crippen LogP contribution in [0.2, 0.25) is 0 Å². The molecule has 1 aromatic carbocycles. The Balaban J connectivity index is 2.78. The largest absolute Gasteiger partial charge is 0.480 e. The van der Waals surface area contributed by atoms with E-state index in [4.69, 9.17) is 5.11 Å². The standard InChI is InChI=1S/C15H20N2O4/c1-15(2,3)14(21)16-9-12(18)17(10-13(19)20)11-7-5-4-6-8-11/h4-8H,9-10H2,1-3H3,(H,16,21)(H,19,20). The summed E-state index contributed by atoms with van der Waals surface area (Å²) in [5.41, 5.74) is -0.125. The van der Waals surface area contributed by atoms with Crippen molar-refractivity contribution in [1.82, 2.24) is 5.32 Å². The van der Waals surface area contributed by atoms with E-state index in [0.29, 0.717) is 5.69 Å². The maximum atomic E-state index is 12.2. The summed E-state index contributed by atoms with van der Waals surface area (Å²) in [7, 11) is 0. The number of carboxylic acid groups (broad SMARTS) is 1. The first kappa shape index (κ1) is 16.7. The summed E-state index contributed by atoms with van der Waals surface area (Å²) in [6.45, 7) is 4.52. The number of hydrogen-bond donors (Lipinski definition) is 2. The highest BCUT2D eigenvalue weighted by molar-refractivity contribution is 6.00. The van der Waals surface area contributed by atoms with Gasteiger partial charge in [0.25, 0.3) is 0 Å². The molecule has 0 unspecified atom stereocenters. The average Bonchev–Trinajstić information content (AvgIpc) is 2.41. The number of benzene rings is 1. The Labute approximate surface area is 123 Å². The Hall–Kier alpha value is -2.37. The zero-order chi connectivity index (χ0) is 16.0. The van der Waals surface area contributed by atoms with Gasteiger partial charge < -0.3 is 10.4 Å². The number of aliphatic carboxylic acids is 1. The van der Waals surface area contributed by atoms with Gasteiger partial charge in [0.05, 0.1) is 6.54 Å². The predicted octanol–water partition coefficient (Wildman–Crippen LogP) is 1.27. The van der Waals surface area contributed by atoms with Crippen LogP contribution >= 0.6 is 0 Å². The van der Waals surface area contributed by atoms with Crippen LogP contribution in [0.25, 0.3) is 0 Å². The van der Waals surface area contributed by atoms with Crippen LogP contribution < -0.4 is 10.2 Å². The normalized spacial score (nSPS) is 10.8. The Morgan fingerprint density at radius 2 is 1.71 bits per heavy atom. The van der Waals surface area contributed by atoms with Crippen LogP contribution in [0.4, 0.5) is 5.69 Å². The summed E-state index contributed by atoms with van der Waals surface area (Å²) in [6, 6.07) is 8.49. The highest BCUT2D eigenvalue weighted by Crippen LogP contribution is 2.14. The molecule has 0 aliphatic rings. The van der Waals surface area contributed by atoms with E-state index in [0.717, 1.165) is 4.90 Å². The fourth-order valence-electron chi connectivity index (χ4n) is 1.58. The summed E-state index contributed by atoms with van der Waals surface area (Å²) < 4.78 is 0. The van der Waals surface area contributed by atoms with E-state index in [9.17, 15) is 14.4 Å². The van der Waals surface area contributed by atoms with Gasteiger partial charge in [0.2, 0.25) is 11.8 Å². The Morgan fingerprint density at radius 1 is 1.14 bits per heavy atom. The van der Waals surface area contributed by atoms with Crippen molar-refractivity contribution in [3.63, 3.8) is 0 Å². The maximum absolute atomic E-state index is 12.2. The lowest BCUT2D eigenvalue weighted by atomic mass is 9.96. The molecule has 0 heterocycles. The smallest absolute Gasteiger partial charge is 0.323 e. The van der Waals surface area contributed by atoms with Gasteiger partial charge in [0.1, 0.15) is 6.54 Å². The molecule has 0 saturated carbocycles. The molecule has 0 radical (unpaired) electrons. The van der Waals surface area contributed by atoms with Crippen LogP contribution in [0, 0.1) is 5.41 Å². The fraction of sp³-hybridized carbons (Fsp3) is 0.400. The molecule has 1 rings (SSSR count). The number of amides is 2. The topological polar surface area (TPSA) is 86.7 Å². The van der Waals surface area contributed by atoms with Crippen LogP contribution in [0.5, 0.6) is 0 Å². The second-order valence-corrected chi connectivity index (χ2v) is 5.64. The number of anilines is 1. The molecule has 1 aromatic rings. The van der Waals surface area contributed by atoms with E-state index in [2.05, 4.69) is 5.32 Å². The molecule has 6 nitrogen and oxygen atoms in total. The van der Waals surface area contributed by atoms with Gasteiger partial charge in [-0.3, -0.25) is 19.3 Å². The van der Waals surface area contributed by atoms with E-state index >= 15 is 0 Å². The van der Waals surface area contributed by atoms with Gasteiger partial charge in [0.15, 0.2) is 0 Å². The van der Waals surface area contributed by atoms with E-state index in [1.54, 1.807) is 51.1 Å². The first-order valence-corrected chi connectivity index (χ1v) is 6.57. The predicted molar refractivity (Wildman–Crippen MR) is 78.9 cm³/mol. The Kier molecular flexibility index (Phi) is 5.46. The minimum absolute atomic E-state index is 0.238. The third kappa shape index (κ3) is 5.25. The summed E-state index contributed by atoms with van der Waals surface area (Å²) in [6.07, 6.45) is 0. The van der Waals surface area contributed by atoms with Gasteiger partial charge >= 0.3 is 5.97 Å². The number of carbonyl (C=O) groups is 3. The monoisotopic (exact) mass is 292 g/mol. The number of rotatable bonds is 5. The van der Waals surface area contributed by atoms with Gasteiger partial charge in [-0.05, 0) is 12.1 Å². The number of hydrogen-bond acceptors (Lipinski definition) is 3. The van der Waals surface area contributed by atoms with Crippen LogP contribution in [0.1, 0.15) is 20.8 Å². The van der Waals surface area contributed by atoms with Crippen molar-refractivity contribution in [2.45, 2.75) is 20.8 Å². The highest BCUT2D eigenvalue weighted by Gasteiger charge is 2.24. The van der Waals surface area contributed by atoms with Crippen molar-refractivity contribution >= 4 is 23.5 Å². The summed E-state index contributed by atoms with van der Waals surface area (Å²) in [4.78, 5) is 35.9. The first-order chi connectivity index (χ1) is 9.71. The molecule has 0 bridgehead atoms. The lowest BCUT2D eigenvalue weighted by Crippen LogP contribution is -2.45. The molecule has 0 saturated heterocycles. The number of para-hydroxylation sites is 1. The maximum Gasteiger partial charge on any atom is 0.323 e. The molecule has 2 amide bonds. The Bertz CT molecular complexity index is 520. The van der Waals surface area contributed by atoms with Crippen molar-refractivity contribution in [1.29, 1.82) is 0 Å². The number of nitrogens with one attached hydrogen (secondary N) is 1. The van der Waals surface area contributed by atoms with E-state index in [-0.39, 0.29) is 12.5 Å². The molecule has 0 aromatic heterocycles. The molecular weight excluding hydrogens is 272 g/mol. The minimum Gasteiger partial charge on any atom is -0.480 e. The molecule has 0 fully saturated rings. The third-order valence-electron chi connectivity index (χ3n) is 2.74. The zero-order valence-electron chi connectivity index (χ0n) is 12.4. The number of carboxylic acids is 1. The van der Waals surface area contributed by atoms with Crippen molar-refractivity contribution in [2.75, 3.05) is 18.0 Å². The zero-order valence-corrected chi connectivity index (χ0v) is 12.4. The van der Waals surface area contributed by atoms with Crippen LogP contribution in [0.15, 0.2) is 30.3 Å². The van der Waals surface area contributed by atoms with Crippen molar-refractivity contribution < 1.29 is 19.5 Å². The van der Waals surface area contributed by atoms with Crippen LogP contribution in [-0.2, 0) is 14.4 Å². The summed E-state index contributed by atoms with van der Waals surface area (Å²) in [5.74, 6) is -1.85. The van der Waals surface area contributed by atoms with Gasteiger partial charge in [0, 0.05) is 11.1 Å². The summed E-state index contributed by atoms with van der Waals surface area (Å²) in [5, 5.41) is 11.4. The number of nitrogens with zero attached hydrogens (tertiary/aromatic N) is 1. The second kappa shape index (κ2) is 6.88. The molecule has 21 heavy (non-hydrogen) atoms. The van der Waals surface area contributed by atoms with Crippen molar-refractivity contribution in [3.8, 4) is 0 Å². The lowest BCUT2D eigenvalue weighted by Gasteiger charge is -2.23. The minimum atomic E-state index is -1.12. The van der Waals surface area contributed by atoms with Crippen molar-refractivity contribution in [3.05, 3.63) is 30.3 Å². The summed E-state index contributed by atoms with van der Waals surface area (Å²) >= 11 is 0. The van der Waals surface area contributed by atoms with Crippen molar-refractivity contribution in [2.24, 2.45) is 5.41 Å². The molecule has 0 aliphatic heterocycles. The second-order valence-electron chi connectivity index (χ2n) is 5.64. The van der Waals surface area contributed by atoms with Gasteiger partial charge in [-0.2, -0.15) is 0 Å². The molecule has 0 atom stereocenters. The van der Waals surface area contributed by atoms with Crippen LogP contribution in [0.3, 0.4) is 0 Å². The molecule has 2 N–H and O–H groups in total.